The number of aliphatic hydroxyl groups excluding tert-OH is 1. The Labute approximate surface area is 221 Å². The number of nitrogens with zero attached hydrogens (tertiary/aromatic N) is 2. The van der Waals surface area contributed by atoms with Crippen LogP contribution < -0.4 is 14.8 Å². The lowest BCUT2D eigenvalue weighted by atomic mass is 9.94. The number of nitrogens with one attached hydrogen (secondary N) is 1. The Kier molecular flexibility index (Phi) is 13.3. The number of benzene rings is 2. The summed E-state index contributed by atoms with van der Waals surface area (Å²) in [5.74, 6) is 1.10. The summed E-state index contributed by atoms with van der Waals surface area (Å²) < 4.78 is 10.9. The molecule has 0 aliphatic rings. The summed E-state index contributed by atoms with van der Waals surface area (Å²) >= 11 is 0. The van der Waals surface area contributed by atoms with Gasteiger partial charge in [0.1, 0.15) is 30.3 Å². The van der Waals surface area contributed by atoms with Crippen LogP contribution in [-0.4, -0.2) is 60.9 Å². The number of carbonyl (C=O) groups excluding carboxylic acids is 1. The van der Waals surface area contributed by atoms with Crippen molar-refractivity contribution < 1.29 is 19.4 Å². The van der Waals surface area contributed by atoms with Gasteiger partial charge in [-0.15, -0.1) is 12.4 Å². The van der Waals surface area contributed by atoms with Crippen LogP contribution in [0.15, 0.2) is 42.5 Å². The highest BCUT2D eigenvalue weighted by atomic mass is 35.5. The fraction of sp³-hybridized carbons (Fsp3) is 0.500. The van der Waals surface area contributed by atoms with Gasteiger partial charge in [0, 0.05) is 30.7 Å². The maximum Gasteiger partial charge on any atom is 0.253 e. The molecule has 0 fully saturated rings. The lowest BCUT2D eigenvalue weighted by molar-refractivity contribution is 0.0755. The highest BCUT2D eigenvalue weighted by Crippen LogP contribution is 2.21. The molecule has 0 unspecified atom stereocenters. The summed E-state index contributed by atoms with van der Waals surface area (Å²) in [4.78, 5) is 14.6. The van der Waals surface area contributed by atoms with Crippen LogP contribution >= 0.6 is 12.4 Å². The van der Waals surface area contributed by atoms with Gasteiger partial charge in [0.15, 0.2) is 0 Å². The maximum atomic E-state index is 12.8. The van der Waals surface area contributed by atoms with Crippen LogP contribution in [0.3, 0.4) is 0 Å². The molecule has 1 amide bonds. The molecule has 198 valence electrons. The number of carbonyl (C=O) groups is 1. The van der Waals surface area contributed by atoms with Crippen molar-refractivity contribution in [3.8, 4) is 17.6 Å². The van der Waals surface area contributed by atoms with Crippen molar-refractivity contribution >= 4 is 18.3 Å². The number of aliphatic hydroxyl groups is 1. The Hall–Kier alpha value is -2.79. The van der Waals surface area contributed by atoms with Gasteiger partial charge in [-0.25, -0.2) is 0 Å². The molecule has 0 aliphatic carbocycles. The van der Waals surface area contributed by atoms with E-state index in [1.165, 1.54) is 5.56 Å². The molecule has 7 nitrogen and oxygen atoms in total. The number of hydrogen-bond acceptors (Lipinski definition) is 6. The van der Waals surface area contributed by atoms with E-state index in [0.717, 1.165) is 25.0 Å². The first-order valence-electron chi connectivity index (χ1n) is 12.2. The van der Waals surface area contributed by atoms with Crippen LogP contribution in [0.4, 0.5) is 0 Å². The van der Waals surface area contributed by atoms with Crippen molar-refractivity contribution in [2.45, 2.75) is 58.6 Å². The van der Waals surface area contributed by atoms with Gasteiger partial charge in [-0.1, -0.05) is 26.0 Å². The highest BCUT2D eigenvalue weighted by Gasteiger charge is 2.20. The van der Waals surface area contributed by atoms with Gasteiger partial charge in [-0.3, -0.25) is 4.79 Å². The summed E-state index contributed by atoms with van der Waals surface area (Å²) in [7, 11) is 1.64. The second-order valence-electron chi connectivity index (χ2n) is 9.37. The molecule has 2 aromatic carbocycles. The molecule has 0 saturated carbocycles. The number of amides is 1. The second-order valence-corrected chi connectivity index (χ2v) is 9.37. The van der Waals surface area contributed by atoms with Crippen molar-refractivity contribution in [3.05, 3.63) is 59.2 Å². The molecular formula is C28H40ClN3O4. The zero-order chi connectivity index (χ0) is 25.8. The third-order valence-corrected chi connectivity index (χ3v) is 5.67. The fourth-order valence-corrected chi connectivity index (χ4v) is 3.87. The monoisotopic (exact) mass is 517 g/mol. The molecule has 0 saturated heterocycles. The first kappa shape index (κ1) is 31.2. The average molecular weight is 518 g/mol. The van der Waals surface area contributed by atoms with Crippen molar-refractivity contribution in [1.82, 2.24) is 10.2 Å². The number of β-amino-alcohol motifs (C(OH)–C–C–N with tert-alkyl or cyclic N) is 1. The van der Waals surface area contributed by atoms with Crippen LogP contribution in [0.1, 0.15) is 62.0 Å². The van der Waals surface area contributed by atoms with Gasteiger partial charge in [0.05, 0.1) is 12.7 Å². The van der Waals surface area contributed by atoms with Gasteiger partial charge in [0.25, 0.3) is 5.91 Å². The minimum atomic E-state index is -0.761. The number of ether oxygens (including phenoxy) is 2. The number of nitriles is 1. The topological polar surface area (TPSA) is 94.8 Å². The Balaban J connectivity index is 0.00000648. The van der Waals surface area contributed by atoms with Gasteiger partial charge in [-0.05, 0) is 69.0 Å². The molecule has 0 aliphatic heterocycles. The molecule has 8 heteroatoms. The smallest absolute Gasteiger partial charge is 0.253 e. The molecule has 0 heterocycles. The standard InChI is InChI=1S/C28H39N3O4.ClH/c1-6-14-31(15-7-2)27(33)22-10-13-26(23(16-22)18-29)35-20-24(32)19-30-28(3,4)17-21-8-11-25(34-5)12-9-21;/h8-13,16,24,30,32H,6-7,14-15,17,19-20H2,1-5H3;1H/t24-;/m1./s1. The van der Waals surface area contributed by atoms with E-state index < -0.39 is 6.10 Å². The first-order chi connectivity index (χ1) is 16.7. The van der Waals surface area contributed by atoms with E-state index in [0.29, 0.717) is 30.9 Å². The molecule has 0 spiro atoms. The van der Waals surface area contributed by atoms with Gasteiger partial charge in [0.2, 0.25) is 0 Å². The van der Waals surface area contributed by atoms with Crippen LogP contribution in [0.25, 0.3) is 0 Å². The summed E-state index contributed by atoms with van der Waals surface area (Å²) in [5, 5.41) is 23.4. The lowest BCUT2D eigenvalue weighted by Crippen LogP contribution is -2.46. The molecule has 2 N–H and O–H groups in total. The van der Waals surface area contributed by atoms with E-state index >= 15 is 0 Å². The van der Waals surface area contributed by atoms with E-state index in [9.17, 15) is 15.2 Å². The van der Waals surface area contributed by atoms with Crippen molar-refractivity contribution in [2.24, 2.45) is 0 Å². The van der Waals surface area contributed by atoms with Gasteiger partial charge >= 0.3 is 0 Å². The summed E-state index contributed by atoms with van der Waals surface area (Å²) in [6.45, 7) is 9.96. The van der Waals surface area contributed by atoms with Crippen LogP contribution in [-0.2, 0) is 6.42 Å². The summed E-state index contributed by atoms with van der Waals surface area (Å²) in [5.41, 5.74) is 1.68. The van der Waals surface area contributed by atoms with Crippen LogP contribution in [0.5, 0.6) is 11.5 Å². The third-order valence-electron chi connectivity index (χ3n) is 5.67. The minimum absolute atomic E-state index is 0. The van der Waals surface area contributed by atoms with Gasteiger partial charge in [-0.2, -0.15) is 5.26 Å². The molecular weight excluding hydrogens is 478 g/mol. The number of methoxy groups -OCH3 is 1. The number of rotatable bonds is 14. The van der Waals surface area contributed by atoms with Crippen LogP contribution in [0, 0.1) is 11.3 Å². The molecule has 1 atom stereocenters. The SMILES string of the molecule is CCCN(CCC)C(=O)c1ccc(OC[C@H](O)CNC(C)(C)Cc2ccc(OC)cc2)c(C#N)c1.Cl. The largest absolute Gasteiger partial charge is 0.497 e. The average Bonchev–Trinajstić information content (AvgIpc) is 2.86. The third kappa shape index (κ3) is 9.69. The van der Waals surface area contributed by atoms with E-state index in [-0.39, 0.29) is 36.0 Å². The quantitative estimate of drug-likeness (QED) is 0.380. The Bertz CT molecular complexity index is 983. The number of hydrogen-bond donors (Lipinski definition) is 2. The predicted octanol–water partition coefficient (Wildman–Crippen LogP) is 4.60. The zero-order valence-corrected chi connectivity index (χ0v) is 22.9. The molecule has 36 heavy (non-hydrogen) atoms. The zero-order valence-electron chi connectivity index (χ0n) is 22.0. The summed E-state index contributed by atoms with van der Waals surface area (Å²) in [6, 6.07) is 14.9. The minimum Gasteiger partial charge on any atom is -0.497 e. The lowest BCUT2D eigenvalue weighted by Gasteiger charge is -2.28. The molecule has 0 bridgehead atoms. The highest BCUT2D eigenvalue weighted by molar-refractivity contribution is 5.94. The first-order valence-corrected chi connectivity index (χ1v) is 12.2. The fourth-order valence-electron chi connectivity index (χ4n) is 3.87. The van der Waals surface area contributed by atoms with E-state index in [2.05, 4.69) is 25.2 Å². The van der Waals surface area contributed by atoms with Crippen molar-refractivity contribution in [2.75, 3.05) is 33.4 Å². The predicted molar refractivity (Wildman–Crippen MR) is 145 cm³/mol. The second kappa shape index (κ2) is 15.4. The number of halogens is 1. The van der Waals surface area contributed by atoms with Crippen molar-refractivity contribution in [1.29, 1.82) is 5.26 Å². The normalized spacial score (nSPS) is 11.7. The molecule has 0 aromatic heterocycles. The Morgan fingerprint density at radius 2 is 1.78 bits per heavy atom. The maximum absolute atomic E-state index is 12.8. The van der Waals surface area contributed by atoms with Crippen LogP contribution in [0.2, 0.25) is 0 Å². The van der Waals surface area contributed by atoms with E-state index in [1.807, 2.05) is 38.1 Å². The molecule has 0 radical (unpaired) electrons. The molecule has 2 aromatic rings. The van der Waals surface area contributed by atoms with E-state index in [4.69, 9.17) is 9.47 Å². The molecule has 2 rings (SSSR count). The van der Waals surface area contributed by atoms with Crippen molar-refractivity contribution in [3.63, 3.8) is 0 Å². The Morgan fingerprint density at radius 3 is 2.33 bits per heavy atom. The van der Waals surface area contributed by atoms with Gasteiger partial charge < -0.3 is 24.8 Å². The summed E-state index contributed by atoms with van der Waals surface area (Å²) in [6.07, 6.45) is 1.77. The van der Waals surface area contributed by atoms with E-state index in [1.54, 1.807) is 30.2 Å². The Morgan fingerprint density at radius 1 is 1.14 bits per heavy atom.